The number of sulfonamides is 2. The molecule has 0 aliphatic carbocycles. The Bertz CT molecular complexity index is 3390. The summed E-state index contributed by atoms with van der Waals surface area (Å²) < 4.78 is 97.2. The van der Waals surface area contributed by atoms with Crippen LogP contribution in [0.1, 0.15) is 24.0 Å². The van der Waals surface area contributed by atoms with Crippen LogP contribution in [-0.4, -0.2) is 48.6 Å². The van der Waals surface area contributed by atoms with Crippen molar-refractivity contribution in [3.63, 3.8) is 0 Å². The van der Waals surface area contributed by atoms with E-state index in [4.69, 9.17) is 23.2 Å². The first-order valence-electron chi connectivity index (χ1n) is 18.8. The van der Waals surface area contributed by atoms with E-state index in [0.29, 0.717) is 55.3 Å². The van der Waals surface area contributed by atoms with E-state index in [9.17, 15) is 39.6 Å². The number of benzene rings is 4. The van der Waals surface area contributed by atoms with E-state index in [1.54, 1.807) is 48.5 Å². The van der Waals surface area contributed by atoms with Gasteiger partial charge in [-0.05, 0) is 90.8 Å². The number of rotatable bonds is 13. The lowest BCUT2D eigenvalue weighted by atomic mass is 10.1. The van der Waals surface area contributed by atoms with Crippen LogP contribution in [0.5, 0.6) is 0 Å². The molecule has 65 heavy (non-hydrogen) atoms. The molecule has 0 radical (unpaired) electrons. The number of nitrogens with one attached hydrogen (secondary N) is 4. The molecule has 14 nitrogen and oxygen atoms in total. The van der Waals surface area contributed by atoms with E-state index >= 15 is 0 Å². The average molecular weight is 998 g/mol. The lowest BCUT2D eigenvalue weighted by Crippen LogP contribution is -2.17. The monoisotopic (exact) mass is 996 g/mol. The van der Waals surface area contributed by atoms with E-state index in [0.717, 1.165) is 33.7 Å². The van der Waals surface area contributed by atoms with Gasteiger partial charge in [0.25, 0.3) is 20.0 Å². The predicted molar refractivity (Wildman–Crippen MR) is 246 cm³/mol. The Kier molecular flexibility index (Phi) is 12.5. The quantitative estimate of drug-likeness (QED) is 0.0805. The third kappa shape index (κ3) is 10.5. The highest BCUT2D eigenvalue weighted by Crippen LogP contribution is 2.36. The summed E-state index contributed by atoms with van der Waals surface area (Å²) >= 11 is 14.8. The van der Waals surface area contributed by atoms with Crippen molar-refractivity contribution in [1.29, 1.82) is 0 Å². The molecule has 0 saturated heterocycles. The van der Waals surface area contributed by atoms with Crippen LogP contribution in [0, 0.1) is 6.92 Å². The highest BCUT2D eigenvalue weighted by Gasteiger charge is 2.31. The second-order valence-electron chi connectivity index (χ2n) is 14.2. The molecular formula is C42H29Cl2F3N8O6S4. The molecule has 4 aromatic heterocycles. The summed E-state index contributed by atoms with van der Waals surface area (Å²) in [6, 6.07) is 22.9. The maximum Gasteiger partial charge on any atom is 0.416 e. The van der Waals surface area contributed by atoms with Crippen LogP contribution < -0.4 is 20.1 Å². The Balaban J connectivity index is 0.873. The van der Waals surface area contributed by atoms with Gasteiger partial charge >= 0.3 is 6.18 Å². The maximum absolute atomic E-state index is 13.0. The molecule has 4 aromatic carbocycles. The fourth-order valence-corrected chi connectivity index (χ4v) is 10.6. The number of aryl methyl sites for hydroxylation is 1. The van der Waals surface area contributed by atoms with Crippen molar-refractivity contribution < 1.29 is 39.6 Å². The second kappa shape index (κ2) is 18.0. The van der Waals surface area contributed by atoms with Gasteiger partial charge in [0, 0.05) is 36.4 Å². The largest absolute Gasteiger partial charge is 0.416 e. The third-order valence-corrected chi connectivity index (χ3v) is 14.7. The number of pyridine rings is 2. The van der Waals surface area contributed by atoms with Gasteiger partial charge in [-0.25, -0.2) is 36.8 Å². The van der Waals surface area contributed by atoms with Crippen LogP contribution in [0.15, 0.2) is 119 Å². The number of amides is 2. The predicted octanol–water partition coefficient (Wildman–Crippen LogP) is 10.6. The fourth-order valence-electron chi connectivity index (χ4n) is 6.21. The summed E-state index contributed by atoms with van der Waals surface area (Å²) in [6.45, 7) is 1.85. The van der Waals surface area contributed by atoms with Gasteiger partial charge < -0.3 is 10.6 Å². The zero-order valence-electron chi connectivity index (χ0n) is 33.1. The third-order valence-electron chi connectivity index (χ3n) is 9.51. The molecule has 2 amide bonds. The lowest BCUT2D eigenvalue weighted by molar-refractivity contribution is -0.137. The van der Waals surface area contributed by atoms with Crippen molar-refractivity contribution in [3.8, 4) is 22.3 Å². The smallest absolute Gasteiger partial charge is 0.302 e. The molecule has 4 heterocycles. The topological polar surface area (TPSA) is 202 Å². The Morgan fingerprint density at radius 1 is 0.600 bits per heavy atom. The van der Waals surface area contributed by atoms with Crippen molar-refractivity contribution in [3.05, 3.63) is 131 Å². The van der Waals surface area contributed by atoms with E-state index in [2.05, 4.69) is 40.0 Å². The van der Waals surface area contributed by atoms with Gasteiger partial charge in [0.1, 0.15) is 0 Å². The number of anilines is 4. The number of hydrogen-bond acceptors (Lipinski definition) is 12. The molecule has 0 aliphatic heterocycles. The molecule has 0 fully saturated rings. The molecule has 0 aliphatic rings. The standard InChI is InChI=1S/C42H29Cl2F3N8O6S4/c1-22-2-8-28(9-3-22)64(58,59)54-32-16-25(20-48-38(32)43)23-4-12-30-34(18-23)62-40(50-30)52-36(56)14-15-37(57)53-41-51-31-13-5-24(19-35(31)63-41)26-17-33(39(44)49-21-26)55-65(60,61)29-10-6-27(7-11-29)42(45,46)47/h2-13,16-21,54-55H,14-15H2,1H3,(H,50,52,56)(H,51,53,57). The molecule has 4 N–H and O–H groups in total. The SMILES string of the molecule is Cc1ccc(S(=O)(=O)Nc2cc(-c3ccc4nc(NC(=O)CCC(=O)Nc5nc6ccc(-c7cnc(Cl)c(NS(=O)(=O)c8ccc(C(F)(F)F)cc8)c7)cc6s5)sc4c3)cnc2Cl)cc1. The van der Waals surface area contributed by atoms with Crippen molar-refractivity contribution in [1.82, 2.24) is 19.9 Å². The number of aromatic nitrogens is 4. The summed E-state index contributed by atoms with van der Waals surface area (Å²) in [5.41, 5.74) is 3.37. The second-order valence-corrected chi connectivity index (χ2v) is 20.3. The number of hydrogen-bond donors (Lipinski definition) is 4. The molecule has 332 valence electrons. The van der Waals surface area contributed by atoms with Crippen molar-refractivity contribution >= 4 is 120 Å². The van der Waals surface area contributed by atoms with Crippen molar-refractivity contribution in [2.24, 2.45) is 0 Å². The first kappa shape index (κ1) is 45.3. The lowest BCUT2D eigenvalue weighted by Gasteiger charge is -2.12. The van der Waals surface area contributed by atoms with Crippen molar-refractivity contribution in [2.75, 3.05) is 20.1 Å². The molecule has 0 atom stereocenters. The molecule has 0 unspecified atom stereocenters. The molecule has 23 heteroatoms. The number of alkyl halides is 3. The van der Waals surface area contributed by atoms with Crippen molar-refractivity contribution in [2.45, 2.75) is 35.7 Å². The van der Waals surface area contributed by atoms with Gasteiger partial charge in [-0.2, -0.15) is 13.2 Å². The van der Waals surface area contributed by atoms with Crippen LogP contribution in [0.2, 0.25) is 10.3 Å². The van der Waals surface area contributed by atoms with Crippen LogP contribution in [0.25, 0.3) is 42.7 Å². The normalized spacial score (nSPS) is 12.0. The van der Waals surface area contributed by atoms with Gasteiger partial charge in [0.15, 0.2) is 20.6 Å². The Hall–Kier alpha value is -6.23. The number of halogens is 5. The van der Waals surface area contributed by atoms with E-state index in [1.807, 2.05) is 13.0 Å². The van der Waals surface area contributed by atoms with E-state index < -0.39 is 48.5 Å². The maximum atomic E-state index is 13.0. The number of carbonyl (C=O) groups excluding carboxylic acids is 2. The first-order chi connectivity index (χ1) is 30.8. The van der Waals surface area contributed by atoms with E-state index in [-0.39, 0.29) is 44.5 Å². The Morgan fingerprint density at radius 2 is 1.02 bits per heavy atom. The van der Waals surface area contributed by atoms with Gasteiger partial charge in [-0.1, -0.05) is 75.7 Å². The van der Waals surface area contributed by atoms with Gasteiger partial charge in [-0.3, -0.25) is 19.0 Å². The number of fused-ring (bicyclic) bond motifs is 2. The highest BCUT2D eigenvalue weighted by molar-refractivity contribution is 7.93. The Morgan fingerprint density at radius 3 is 1.43 bits per heavy atom. The summed E-state index contributed by atoms with van der Waals surface area (Å²) in [5, 5.41) is 5.80. The van der Waals surface area contributed by atoms with Crippen LogP contribution in [-0.2, 0) is 35.8 Å². The fraction of sp³-hybridized carbons (Fsp3) is 0.0952. The van der Waals surface area contributed by atoms with Gasteiger partial charge in [0.2, 0.25) is 11.8 Å². The van der Waals surface area contributed by atoms with Crippen LogP contribution >= 0.6 is 45.9 Å². The summed E-state index contributed by atoms with van der Waals surface area (Å²) in [5.74, 6) is -0.907. The average Bonchev–Trinajstić information content (AvgIpc) is 3.86. The molecule has 0 saturated carbocycles. The Labute approximate surface area is 386 Å². The molecule has 8 aromatic rings. The minimum Gasteiger partial charge on any atom is -0.302 e. The molecule has 8 rings (SSSR count). The molecule has 0 spiro atoms. The summed E-state index contributed by atoms with van der Waals surface area (Å²) in [7, 11) is -8.27. The minimum atomic E-state index is -4.64. The van der Waals surface area contributed by atoms with Gasteiger partial charge in [-0.15, -0.1) is 0 Å². The van der Waals surface area contributed by atoms with Gasteiger partial charge in [0.05, 0.1) is 47.2 Å². The summed E-state index contributed by atoms with van der Waals surface area (Å²) in [6.07, 6.45) is -2.03. The van der Waals surface area contributed by atoms with Crippen LogP contribution in [0.4, 0.5) is 34.8 Å². The molecular weight excluding hydrogens is 969 g/mol. The minimum absolute atomic E-state index is 0.0283. The summed E-state index contributed by atoms with van der Waals surface area (Å²) in [4.78, 5) is 42.6. The number of nitrogens with zero attached hydrogens (tertiary/aromatic N) is 4. The zero-order valence-corrected chi connectivity index (χ0v) is 37.8. The molecule has 0 bridgehead atoms. The number of thiazole rings is 2. The first-order valence-corrected chi connectivity index (χ1v) is 24.2. The van der Waals surface area contributed by atoms with Crippen LogP contribution in [0.3, 0.4) is 0 Å². The highest BCUT2D eigenvalue weighted by atomic mass is 35.5. The van der Waals surface area contributed by atoms with E-state index in [1.165, 1.54) is 41.9 Å². The zero-order chi connectivity index (χ0) is 46.3. The number of carbonyl (C=O) groups is 2.